The molecule has 1 aromatic carbocycles. The standard InChI is InChI=1S/C26H30Cl2N4O4S/c1-25(2)7-17(25)23(35)32-12-26(13-32)11-31(24(36)21-9-29-14-37-21)10-18(26)22(34)30-8-16(33)5-15-3-4-19(27)20(28)6-15/h3-4,6,9,14,16-18,33H,5,7-8,10-13H2,1-2H3,(H,30,34)/t16?,17-,18?/m1/s1. The first-order valence-electron chi connectivity index (χ1n) is 12.4. The van der Waals surface area contributed by atoms with Gasteiger partial charge in [-0.3, -0.25) is 19.4 Å². The molecule has 198 valence electrons. The first kappa shape index (κ1) is 26.4. The fourth-order valence-electron chi connectivity index (χ4n) is 5.61. The Morgan fingerprint density at radius 3 is 2.49 bits per heavy atom. The number of aromatic nitrogens is 1. The second-order valence-electron chi connectivity index (χ2n) is 11.3. The lowest BCUT2D eigenvalue weighted by molar-refractivity contribution is -0.151. The molecular formula is C26H30Cl2N4O4S. The number of aliphatic hydroxyl groups excluding tert-OH is 1. The molecule has 0 bridgehead atoms. The van der Waals surface area contributed by atoms with Gasteiger partial charge in [-0.1, -0.05) is 43.1 Å². The summed E-state index contributed by atoms with van der Waals surface area (Å²) < 4.78 is 0. The zero-order valence-electron chi connectivity index (χ0n) is 20.7. The summed E-state index contributed by atoms with van der Waals surface area (Å²) in [6, 6.07) is 5.16. The van der Waals surface area contributed by atoms with E-state index >= 15 is 0 Å². The van der Waals surface area contributed by atoms with Crippen LogP contribution < -0.4 is 5.32 Å². The maximum atomic E-state index is 13.4. The van der Waals surface area contributed by atoms with E-state index in [1.165, 1.54) is 17.5 Å². The summed E-state index contributed by atoms with van der Waals surface area (Å²) in [5.74, 6) is -0.668. The van der Waals surface area contributed by atoms with Crippen molar-refractivity contribution in [3.63, 3.8) is 0 Å². The van der Waals surface area contributed by atoms with Crippen LogP contribution in [0.5, 0.6) is 0 Å². The van der Waals surface area contributed by atoms with Crippen LogP contribution in [0.3, 0.4) is 0 Å². The van der Waals surface area contributed by atoms with Gasteiger partial charge >= 0.3 is 0 Å². The largest absolute Gasteiger partial charge is 0.391 e. The van der Waals surface area contributed by atoms with Crippen LogP contribution in [-0.2, 0) is 16.0 Å². The summed E-state index contributed by atoms with van der Waals surface area (Å²) in [6.45, 7) is 5.83. The van der Waals surface area contributed by atoms with Crippen molar-refractivity contribution in [3.8, 4) is 0 Å². The van der Waals surface area contributed by atoms with E-state index in [4.69, 9.17) is 23.2 Å². The quantitative estimate of drug-likeness (QED) is 0.537. The summed E-state index contributed by atoms with van der Waals surface area (Å²) in [6.07, 6.45) is 1.91. The molecule has 5 rings (SSSR count). The molecule has 3 amide bonds. The third-order valence-corrected chi connectivity index (χ3v) is 9.50. The number of nitrogens with zero attached hydrogens (tertiary/aromatic N) is 3. The lowest BCUT2D eigenvalue weighted by Gasteiger charge is -2.50. The number of carbonyl (C=O) groups excluding carboxylic acids is 3. The molecular weight excluding hydrogens is 535 g/mol. The average Bonchev–Trinajstić information content (AvgIpc) is 3.22. The highest BCUT2D eigenvalue weighted by Crippen LogP contribution is 2.54. The first-order chi connectivity index (χ1) is 17.5. The molecule has 8 nitrogen and oxygen atoms in total. The highest BCUT2D eigenvalue weighted by atomic mass is 35.5. The number of halogens is 2. The van der Waals surface area contributed by atoms with Crippen molar-refractivity contribution in [2.24, 2.45) is 22.7 Å². The molecule has 2 aliphatic heterocycles. The summed E-state index contributed by atoms with van der Waals surface area (Å²) in [4.78, 5) is 47.5. The fraction of sp³-hybridized carbons (Fsp3) is 0.538. The van der Waals surface area contributed by atoms with Crippen molar-refractivity contribution in [3.05, 3.63) is 50.4 Å². The van der Waals surface area contributed by atoms with E-state index in [9.17, 15) is 19.5 Å². The maximum Gasteiger partial charge on any atom is 0.265 e. The summed E-state index contributed by atoms with van der Waals surface area (Å²) in [5.41, 5.74) is 1.96. The smallest absolute Gasteiger partial charge is 0.265 e. The Morgan fingerprint density at radius 1 is 1.16 bits per heavy atom. The summed E-state index contributed by atoms with van der Waals surface area (Å²) in [7, 11) is 0. The Hall–Kier alpha value is -2.20. The number of nitrogens with one attached hydrogen (secondary N) is 1. The number of thiazole rings is 1. The molecule has 2 saturated heterocycles. The van der Waals surface area contributed by atoms with E-state index in [-0.39, 0.29) is 42.1 Å². The van der Waals surface area contributed by atoms with Crippen LogP contribution in [0.25, 0.3) is 0 Å². The topological polar surface area (TPSA) is 103 Å². The van der Waals surface area contributed by atoms with Gasteiger partial charge in [-0.25, -0.2) is 0 Å². The SMILES string of the molecule is CC1(C)C[C@@H]1C(=O)N1CC2(CN(C(=O)c3cncs3)CC2C(=O)NCC(O)Cc2ccc(Cl)c(Cl)c2)C1. The van der Waals surface area contributed by atoms with E-state index in [1.54, 1.807) is 28.6 Å². The number of likely N-dealkylation sites (tertiary alicyclic amines) is 2. The molecule has 1 aromatic heterocycles. The van der Waals surface area contributed by atoms with Crippen molar-refractivity contribution in [1.29, 1.82) is 0 Å². The molecule has 1 aliphatic carbocycles. The van der Waals surface area contributed by atoms with Crippen molar-refractivity contribution in [2.45, 2.75) is 32.8 Å². The molecule has 3 atom stereocenters. The van der Waals surface area contributed by atoms with Gasteiger partial charge in [0, 0.05) is 50.5 Å². The number of aliphatic hydroxyl groups is 1. The molecule has 2 unspecified atom stereocenters. The van der Waals surface area contributed by atoms with Gasteiger partial charge in [0.2, 0.25) is 11.8 Å². The van der Waals surface area contributed by atoms with Crippen LogP contribution in [0.4, 0.5) is 0 Å². The summed E-state index contributed by atoms with van der Waals surface area (Å²) in [5, 5.41) is 14.3. The molecule has 3 heterocycles. The van der Waals surface area contributed by atoms with Crippen LogP contribution in [0.1, 0.15) is 35.5 Å². The molecule has 3 fully saturated rings. The van der Waals surface area contributed by atoms with Gasteiger partial charge in [-0.15, -0.1) is 11.3 Å². The van der Waals surface area contributed by atoms with Gasteiger partial charge in [0.1, 0.15) is 4.88 Å². The van der Waals surface area contributed by atoms with E-state index in [2.05, 4.69) is 24.1 Å². The molecule has 1 saturated carbocycles. The van der Waals surface area contributed by atoms with Crippen molar-refractivity contribution in [2.75, 3.05) is 32.7 Å². The lowest BCUT2D eigenvalue weighted by atomic mass is 9.71. The third kappa shape index (κ3) is 5.24. The van der Waals surface area contributed by atoms with E-state index in [0.29, 0.717) is 41.0 Å². The average molecular weight is 566 g/mol. The molecule has 37 heavy (non-hydrogen) atoms. The van der Waals surface area contributed by atoms with Gasteiger partial charge in [0.25, 0.3) is 5.91 Å². The van der Waals surface area contributed by atoms with Crippen molar-refractivity contribution >= 4 is 52.3 Å². The molecule has 11 heteroatoms. The Balaban J connectivity index is 1.24. The van der Waals surface area contributed by atoms with Crippen molar-refractivity contribution in [1.82, 2.24) is 20.1 Å². The monoisotopic (exact) mass is 564 g/mol. The maximum absolute atomic E-state index is 13.4. The number of rotatable bonds is 7. The Morgan fingerprint density at radius 2 is 1.86 bits per heavy atom. The summed E-state index contributed by atoms with van der Waals surface area (Å²) >= 11 is 13.3. The van der Waals surface area contributed by atoms with Gasteiger partial charge in [-0.2, -0.15) is 0 Å². The van der Waals surface area contributed by atoms with Gasteiger partial charge in [-0.05, 0) is 29.5 Å². The fourth-order valence-corrected chi connectivity index (χ4v) is 6.52. The van der Waals surface area contributed by atoms with Crippen LogP contribution >= 0.6 is 34.5 Å². The van der Waals surface area contributed by atoms with Gasteiger partial charge in [0.05, 0.1) is 33.8 Å². The number of hydrogen-bond acceptors (Lipinski definition) is 6. The van der Waals surface area contributed by atoms with Gasteiger partial charge < -0.3 is 20.2 Å². The number of amides is 3. The van der Waals surface area contributed by atoms with E-state index in [1.807, 2.05) is 4.90 Å². The lowest BCUT2D eigenvalue weighted by Crippen LogP contribution is -2.64. The molecule has 0 radical (unpaired) electrons. The number of hydrogen-bond donors (Lipinski definition) is 2. The number of benzene rings is 1. The normalized spacial score (nSPS) is 24.0. The minimum absolute atomic E-state index is 0.0324. The first-order valence-corrected chi connectivity index (χ1v) is 14.0. The molecule has 2 N–H and O–H groups in total. The zero-order chi connectivity index (χ0) is 26.5. The van der Waals surface area contributed by atoms with Crippen molar-refractivity contribution < 1.29 is 19.5 Å². The van der Waals surface area contributed by atoms with E-state index in [0.717, 1.165) is 12.0 Å². The molecule has 2 aromatic rings. The Kier molecular flexibility index (Phi) is 7.02. The highest BCUT2D eigenvalue weighted by Gasteiger charge is 2.61. The molecule has 1 spiro atoms. The van der Waals surface area contributed by atoms with Crippen LogP contribution in [0.15, 0.2) is 29.9 Å². The second kappa shape index (κ2) is 9.84. The van der Waals surface area contributed by atoms with Crippen LogP contribution in [-0.4, -0.2) is 76.4 Å². The predicted octanol–water partition coefficient (Wildman–Crippen LogP) is 3.12. The number of carbonyl (C=O) groups is 3. The minimum atomic E-state index is -0.815. The van der Waals surface area contributed by atoms with E-state index < -0.39 is 17.4 Å². The second-order valence-corrected chi connectivity index (χ2v) is 13.0. The minimum Gasteiger partial charge on any atom is -0.391 e. The van der Waals surface area contributed by atoms with Crippen LogP contribution in [0.2, 0.25) is 10.0 Å². The van der Waals surface area contributed by atoms with Crippen LogP contribution in [0, 0.1) is 22.7 Å². The zero-order valence-corrected chi connectivity index (χ0v) is 23.1. The third-order valence-electron chi connectivity index (χ3n) is 8.00. The highest BCUT2D eigenvalue weighted by molar-refractivity contribution is 7.11. The Labute approximate surface area is 229 Å². The Bertz CT molecular complexity index is 1220. The van der Waals surface area contributed by atoms with Gasteiger partial charge in [0.15, 0.2) is 0 Å². The predicted molar refractivity (Wildman–Crippen MR) is 142 cm³/mol. The molecule has 3 aliphatic rings.